The number of likely N-dealkylation sites (N-methyl/N-ethyl adjacent to an activating group) is 1. The molecule has 0 saturated heterocycles. The summed E-state index contributed by atoms with van der Waals surface area (Å²) in [5.41, 5.74) is 1.71. The SMILES string of the molecule is C=C(C)CN(CC)S(=O)(=O)c1c[nH]c(CNCCC)c1. The summed E-state index contributed by atoms with van der Waals surface area (Å²) in [5.74, 6) is 0. The largest absolute Gasteiger partial charge is 0.363 e. The first kappa shape index (κ1) is 16.9. The van der Waals surface area contributed by atoms with E-state index in [4.69, 9.17) is 0 Å². The lowest BCUT2D eigenvalue weighted by molar-refractivity contribution is 0.453. The Morgan fingerprint density at radius 1 is 1.45 bits per heavy atom. The predicted molar refractivity (Wildman–Crippen MR) is 82.0 cm³/mol. The van der Waals surface area contributed by atoms with Crippen molar-refractivity contribution in [2.45, 2.75) is 38.6 Å². The number of sulfonamides is 1. The number of nitrogens with one attached hydrogen (secondary N) is 2. The fourth-order valence-electron chi connectivity index (χ4n) is 1.89. The van der Waals surface area contributed by atoms with Crippen molar-refractivity contribution in [3.63, 3.8) is 0 Å². The van der Waals surface area contributed by atoms with Gasteiger partial charge in [0.1, 0.15) is 0 Å². The van der Waals surface area contributed by atoms with E-state index in [1.54, 1.807) is 12.3 Å². The van der Waals surface area contributed by atoms with Crippen LogP contribution in [-0.4, -0.2) is 37.3 Å². The fraction of sp³-hybridized carbons (Fsp3) is 0.571. The van der Waals surface area contributed by atoms with Crippen LogP contribution in [0.5, 0.6) is 0 Å². The molecule has 0 saturated carbocycles. The molecular weight excluding hydrogens is 274 g/mol. The predicted octanol–water partition coefficient (Wildman–Crippen LogP) is 2.10. The fourth-order valence-corrected chi connectivity index (χ4v) is 3.41. The molecule has 5 nitrogen and oxygen atoms in total. The summed E-state index contributed by atoms with van der Waals surface area (Å²) in [6.07, 6.45) is 2.60. The minimum atomic E-state index is -3.44. The number of hydrogen-bond acceptors (Lipinski definition) is 3. The second kappa shape index (κ2) is 7.61. The molecule has 0 spiro atoms. The second-order valence-corrected chi connectivity index (χ2v) is 6.86. The van der Waals surface area contributed by atoms with Crippen LogP contribution in [0, 0.1) is 0 Å². The lowest BCUT2D eigenvalue weighted by Crippen LogP contribution is -2.32. The third-order valence-corrected chi connectivity index (χ3v) is 4.79. The Bertz CT molecular complexity index is 534. The first-order valence-electron chi connectivity index (χ1n) is 6.94. The van der Waals surface area contributed by atoms with Gasteiger partial charge in [-0.1, -0.05) is 26.0 Å². The van der Waals surface area contributed by atoms with Gasteiger partial charge in [-0.15, -0.1) is 0 Å². The van der Waals surface area contributed by atoms with Crippen LogP contribution in [0.15, 0.2) is 29.3 Å². The molecule has 1 rings (SSSR count). The van der Waals surface area contributed by atoms with Crippen LogP contribution < -0.4 is 5.32 Å². The highest BCUT2D eigenvalue weighted by Crippen LogP contribution is 2.17. The summed E-state index contributed by atoms with van der Waals surface area (Å²) in [6, 6.07) is 1.69. The quantitative estimate of drug-likeness (QED) is 0.542. The third kappa shape index (κ3) is 4.47. The van der Waals surface area contributed by atoms with Gasteiger partial charge in [-0.3, -0.25) is 0 Å². The van der Waals surface area contributed by atoms with Crippen LogP contribution in [0.25, 0.3) is 0 Å². The van der Waals surface area contributed by atoms with Gasteiger partial charge in [0.25, 0.3) is 0 Å². The molecule has 0 amide bonds. The monoisotopic (exact) mass is 299 g/mol. The van der Waals surface area contributed by atoms with E-state index in [-0.39, 0.29) is 0 Å². The molecule has 0 atom stereocenters. The van der Waals surface area contributed by atoms with Gasteiger partial charge in [0.15, 0.2) is 0 Å². The smallest absolute Gasteiger partial charge is 0.244 e. The van der Waals surface area contributed by atoms with E-state index >= 15 is 0 Å². The Kier molecular flexibility index (Phi) is 6.45. The van der Waals surface area contributed by atoms with Crippen molar-refractivity contribution < 1.29 is 8.42 Å². The number of hydrogen-bond donors (Lipinski definition) is 2. The molecule has 2 N–H and O–H groups in total. The Morgan fingerprint density at radius 3 is 2.70 bits per heavy atom. The lowest BCUT2D eigenvalue weighted by Gasteiger charge is -2.19. The zero-order valence-electron chi connectivity index (χ0n) is 12.6. The lowest BCUT2D eigenvalue weighted by atomic mass is 10.3. The van der Waals surface area contributed by atoms with Gasteiger partial charge in [-0.05, 0) is 26.0 Å². The zero-order chi connectivity index (χ0) is 15.2. The molecule has 0 aliphatic heterocycles. The van der Waals surface area contributed by atoms with E-state index in [0.717, 1.165) is 24.2 Å². The van der Waals surface area contributed by atoms with Gasteiger partial charge in [0, 0.05) is 31.5 Å². The minimum Gasteiger partial charge on any atom is -0.363 e. The van der Waals surface area contributed by atoms with Gasteiger partial charge in [-0.25, -0.2) is 8.42 Å². The average Bonchev–Trinajstić information content (AvgIpc) is 2.85. The van der Waals surface area contributed by atoms with E-state index < -0.39 is 10.0 Å². The van der Waals surface area contributed by atoms with Crippen LogP contribution >= 0.6 is 0 Å². The topological polar surface area (TPSA) is 65.2 Å². The highest BCUT2D eigenvalue weighted by Gasteiger charge is 2.24. The maximum Gasteiger partial charge on any atom is 0.244 e. The van der Waals surface area contributed by atoms with Crippen molar-refractivity contribution >= 4 is 10.0 Å². The summed E-state index contributed by atoms with van der Waals surface area (Å²) in [5, 5.41) is 3.24. The average molecular weight is 299 g/mol. The molecule has 0 fully saturated rings. The summed E-state index contributed by atoms with van der Waals surface area (Å²) in [7, 11) is -3.44. The third-order valence-electron chi connectivity index (χ3n) is 2.90. The van der Waals surface area contributed by atoms with Gasteiger partial charge >= 0.3 is 0 Å². The number of H-pyrrole nitrogens is 1. The van der Waals surface area contributed by atoms with E-state index in [1.165, 1.54) is 4.31 Å². The van der Waals surface area contributed by atoms with Crippen LogP contribution in [-0.2, 0) is 16.6 Å². The van der Waals surface area contributed by atoms with Crippen molar-refractivity contribution in [1.29, 1.82) is 0 Å². The Hall–Kier alpha value is -1.11. The molecule has 0 aliphatic rings. The van der Waals surface area contributed by atoms with E-state index in [2.05, 4.69) is 23.8 Å². The van der Waals surface area contributed by atoms with Gasteiger partial charge < -0.3 is 10.3 Å². The first-order valence-corrected chi connectivity index (χ1v) is 8.38. The molecular formula is C14H25N3O2S. The van der Waals surface area contributed by atoms with Crippen LogP contribution in [0.2, 0.25) is 0 Å². The molecule has 0 unspecified atom stereocenters. The van der Waals surface area contributed by atoms with Crippen LogP contribution in [0.4, 0.5) is 0 Å². The molecule has 0 bridgehead atoms. The first-order chi connectivity index (χ1) is 9.41. The molecule has 1 aromatic rings. The maximum absolute atomic E-state index is 12.5. The normalized spacial score (nSPS) is 12.0. The number of aromatic nitrogens is 1. The molecule has 0 aliphatic carbocycles. The number of rotatable bonds is 9. The molecule has 1 aromatic heterocycles. The Morgan fingerprint density at radius 2 is 2.15 bits per heavy atom. The standard InChI is InChI=1S/C14H25N3O2S/c1-5-7-15-9-13-8-14(10-16-13)20(18,19)17(6-2)11-12(3)4/h8,10,15-16H,3,5-7,9,11H2,1-2,4H3. The van der Waals surface area contributed by atoms with Crippen molar-refractivity contribution in [1.82, 2.24) is 14.6 Å². The van der Waals surface area contributed by atoms with E-state index in [9.17, 15) is 8.42 Å². The summed E-state index contributed by atoms with van der Waals surface area (Å²) in [6.45, 7) is 11.9. The van der Waals surface area contributed by atoms with E-state index in [0.29, 0.717) is 24.5 Å². The van der Waals surface area contributed by atoms with Crippen molar-refractivity contribution in [3.05, 3.63) is 30.1 Å². The van der Waals surface area contributed by atoms with Gasteiger partial charge in [-0.2, -0.15) is 4.31 Å². The summed E-state index contributed by atoms with van der Waals surface area (Å²) >= 11 is 0. The van der Waals surface area contributed by atoms with Crippen molar-refractivity contribution in [2.24, 2.45) is 0 Å². The number of nitrogens with zero attached hydrogens (tertiary/aromatic N) is 1. The highest BCUT2D eigenvalue weighted by molar-refractivity contribution is 7.89. The van der Waals surface area contributed by atoms with E-state index in [1.807, 2.05) is 13.8 Å². The van der Waals surface area contributed by atoms with Crippen LogP contribution in [0.3, 0.4) is 0 Å². The Balaban J connectivity index is 2.83. The molecule has 6 heteroatoms. The number of aromatic amines is 1. The Labute approximate surface area is 122 Å². The maximum atomic E-state index is 12.5. The summed E-state index contributed by atoms with van der Waals surface area (Å²) in [4.78, 5) is 3.33. The molecule has 114 valence electrons. The van der Waals surface area contributed by atoms with Crippen molar-refractivity contribution in [2.75, 3.05) is 19.6 Å². The van der Waals surface area contributed by atoms with Crippen molar-refractivity contribution in [3.8, 4) is 0 Å². The zero-order valence-corrected chi connectivity index (χ0v) is 13.4. The second-order valence-electron chi connectivity index (χ2n) is 4.93. The molecule has 1 heterocycles. The van der Waals surface area contributed by atoms with Gasteiger partial charge in [0.2, 0.25) is 10.0 Å². The molecule has 0 aromatic carbocycles. The molecule has 20 heavy (non-hydrogen) atoms. The summed E-state index contributed by atoms with van der Waals surface area (Å²) < 4.78 is 26.4. The van der Waals surface area contributed by atoms with Gasteiger partial charge in [0.05, 0.1) is 4.90 Å². The highest BCUT2D eigenvalue weighted by atomic mass is 32.2. The minimum absolute atomic E-state index is 0.314. The van der Waals surface area contributed by atoms with Crippen LogP contribution in [0.1, 0.15) is 32.9 Å². The molecule has 0 radical (unpaired) electrons.